The van der Waals surface area contributed by atoms with Crippen LogP contribution in [0.15, 0.2) is 10.2 Å². The molecule has 0 radical (unpaired) electrons. The summed E-state index contributed by atoms with van der Waals surface area (Å²) in [4.78, 5) is 52.5. The molecule has 0 aromatic carbocycles. The molecule has 10 atom stereocenters. The van der Waals surface area contributed by atoms with Gasteiger partial charge in [-0.1, -0.05) is 35.8 Å². The maximum atomic E-state index is 12.0. The van der Waals surface area contributed by atoms with Crippen molar-refractivity contribution in [3.8, 4) is 0 Å². The molecule has 2 rings (SSSR count). The number of nitrogens with zero attached hydrogens (tertiary/aromatic N) is 6. The van der Waals surface area contributed by atoms with E-state index in [0.717, 1.165) is 11.8 Å². The van der Waals surface area contributed by atoms with E-state index in [0.29, 0.717) is 0 Å². The van der Waals surface area contributed by atoms with Crippen LogP contribution in [-0.2, 0) is 47.6 Å². The largest absolute Gasteiger partial charge is 0.463 e. The molecule has 16 nitrogen and oxygen atoms in total. The van der Waals surface area contributed by atoms with Crippen LogP contribution in [-0.4, -0.2) is 84.5 Å². The Morgan fingerprint density at radius 3 is 1.67 bits per heavy atom. The number of ether oxygens (including phenoxy) is 6. The molecule has 0 aromatic heterocycles. The first-order valence-corrected chi connectivity index (χ1v) is 13.0. The molecule has 0 bridgehead atoms. The Morgan fingerprint density at radius 1 is 0.718 bits per heavy atom. The van der Waals surface area contributed by atoms with E-state index in [4.69, 9.17) is 28.4 Å². The van der Waals surface area contributed by atoms with Gasteiger partial charge in [-0.2, -0.15) is 0 Å². The van der Waals surface area contributed by atoms with Crippen LogP contribution in [0.3, 0.4) is 0 Å². The smallest absolute Gasteiger partial charge is 0.303 e. The highest BCUT2D eigenvalue weighted by Crippen LogP contribution is 2.43. The lowest BCUT2D eigenvalue weighted by Gasteiger charge is -2.47. The minimum absolute atomic E-state index is 0.149. The molecule has 2 heterocycles. The van der Waals surface area contributed by atoms with Crippen molar-refractivity contribution in [1.82, 2.24) is 0 Å². The summed E-state index contributed by atoms with van der Waals surface area (Å²) < 4.78 is 33.5. The summed E-state index contributed by atoms with van der Waals surface area (Å²) in [6.07, 6.45) is -3.86. The lowest BCUT2D eigenvalue weighted by molar-refractivity contribution is -0.184. The van der Waals surface area contributed by atoms with Gasteiger partial charge >= 0.3 is 23.9 Å². The predicted molar refractivity (Wildman–Crippen MR) is 133 cm³/mol. The van der Waals surface area contributed by atoms with Crippen LogP contribution in [0, 0.1) is 11.8 Å². The fraction of sp³-hybridized carbons (Fsp3) is 0.818. The Morgan fingerprint density at radius 2 is 1.18 bits per heavy atom. The number of hydrogen-bond donors (Lipinski definition) is 0. The highest BCUT2D eigenvalue weighted by atomic mass is 32.2. The van der Waals surface area contributed by atoms with E-state index in [2.05, 4.69) is 20.1 Å². The zero-order valence-electron chi connectivity index (χ0n) is 22.4. The molecule has 2 fully saturated rings. The van der Waals surface area contributed by atoms with Crippen LogP contribution in [0.4, 0.5) is 0 Å². The Kier molecular flexibility index (Phi) is 12.1. The van der Waals surface area contributed by atoms with Gasteiger partial charge in [-0.05, 0) is 17.0 Å². The zero-order valence-corrected chi connectivity index (χ0v) is 23.2. The molecule has 0 N–H and O–H groups in total. The van der Waals surface area contributed by atoms with Crippen LogP contribution < -0.4 is 0 Å². The maximum absolute atomic E-state index is 12.0. The molecule has 0 aliphatic carbocycles. The molecule has 0 saturated carbocycles. The van der Waals surface area contributed by atoms with Gasteiger partial charge in [0.05, 0.1) is 18.2 Å². The summed E-state index contributed by atoms with van der Waals surface area (Å²) >= 11 is 1.05. The molecule has 0 amide bonds. The fourth-order valence-corrected chi connectivity index (χ4v) is 5.80. The Hall–Kier alpha value is -3.23. The lowest BCUT2D eigenvalue weighted by atomic mass is 9.89. The molecule has 216 valence electrons. The second-order valence-corrected chi connectivity index (χ2v) is 10.3. The Balaban J connectivity index is 2.45. The minimum atomic E-state index is -1.06. The van der Waals surface area contributed by atoms with Gasteiger partial charge in [0.1, 0.15) is 42.4 Å². The number of rotatable bonds is 10. The van der Waals surface area contributed by atoms with E-state index in [1.807, 2.05) is 0 Å². The monoisotopic (exact) mass is 572 g/mol. The van der Waals surface area contributed by atoms with Crippen molar-refractivity contribution in [2.24, 2.45) is 22.1 Å². The summed E-state index contributed by atoms with van der Waals surface area (Å²) in [5.41, 5.74) is 16.6. The fourth-order valence-electron chi connectivity index (χ4n) is 4.34. The number of carbonyl (C=O) groups is 4. The number of carbonyl (C=O) groups excluding carboxylic acids is 4. The maximum Gasteiger partial charge on any atom is 0.303 e. The van der Waals surface area contributed by atoms with Crippen molar-refractivity contribution in [2.45, 2.75) is 88.9 Å². The van der Waals surface area contributed by atoms with E-state index >= 15 is 0 Å². The van der Waals surface area contributed by atoms with Crippen LogP contribution in [0.1, 0.15) is 41.5 Å². The third-order valence-corrected chi connectivity index (χ3v) is 7.62. The number of esters is 4. The third kappa shape index (κ3) is 8.90. The average Bonchev–Trinajstić information content (AvgIpc) is 2.84. The van der Waals surface area contributed by atoms with E-state index in [-0.39, 0.29) is 13.2 Å². The first kappa shape index (κ1) is 32.0. The molecule has 2 aliphatic heterocycles. The molecule has 2 saturated heterocycles. The zero-order chi connectivity index (χ0) is 29.3. The molecular formula is C22H32N6O10S. The van der Waals surface area contributed by atoms with Gasteiger partial charge < -0.3 is 28.4 Å². The van der Waals surface area contributed by atoms with Gasteiger partial charge in [0.25, 0.3) is 0 Å². The van der Waals surface area contributed by atoms with Crippen LogP contribution in [0.25, 0.3) is 20.9 Å². The molecule has 5 unspecified atom stereocenters. The molecule has 2 aliphatic rings. The highest BCUT2D eigenvalue weighted by Gasteiger charge is 2.51. The van der Waals surface area contributed by atoms with Crippen molar-refractivity contribution in [3.63, 3.8) is 0 Å². The highest BCUT2D eigenvalue weighted by molar-refractivity contribution is 8.00. The van der Waals surface area contributed by atoms with Crippen molar-refractivity contribution in [2.75, 3.05) is 13.2 Å². The van der Waals surface area contributed by atoms with Gasteiger partial charge in [0.15, 0.2) is 0 Å². The van der Waals surface area contributed by atoms with Gasteiger partial charge in [0.2, 0.25) is 0 Å². The predicted octanol–water partition coefficient (Wildman–Crippen LogP) is 2.79. The standard InChI is InChI=1S/C22H32N6O10S/c1-9-15(7-33-11(3)29)37-22(20(36-14(6)32)17(9)25-27-23)39-21-10(2)18(26-28-24)19(35-13(5)31)16(38-21)8-34-12(4)30/h9-10,15-22H,7-8H2,1-6H3/t9-,10+,15?,16+,17-,18?,19?,20?,21?,22-/m0/s1. The Labute approximate surface area is 228 Å². The van der Waals surface area contributed by atoms with Gasteiger partial charge in [-0.15, -0.1) is 0 Å². The summed E-state index contributed by atoms with van der Waals surface area (Å²) in [6.45, 7) is 7.77. The minimum Gasteiger partial charge on any atom is -0.463 e. The summed E-state index contributed by atoms with van der Waals surface area (Å²) in [6, 6.07) is -1.81. The normalized spacial score (nSPS) is 33.9. The van der Waals surface area contributed by atoms with Crippen LogP contribution in [0.5, 0.6) is 0 Å². The first-order valence-electron chi connectivity index (χ1n) is 12.1. The summed E-state index contributed by atoms with van der Waals surface area (Å²) in [5.74, 6) is -3.54. The third-order valence-electron chi connectivity index (χ3n) is 6.16. The van der Waals surface area contributed by atoms with E-state index in [9.17, 15) is 30.2 Å². The number of azide groups is 2. The second kappa shape index (κ2) is 14.8. The van der Waals surface area contributed by atoms with Crippen LogP contribution in [0.2, 0.25) is 0 Å². The first-order chi connectivity index (χ1) is 18.4. The molecule has 39 heavy (non-hydrogen) atoms. The topological polar surface area (TPSA) is 221 Å². The molecule has 0 spiro atoms. The second-order valence-electron chi connectivity index (χ2n) is 9.08. The summed E-state index contributed by atoms with van der Waals surface area (Å²) in [7, 11) is 0. The lowest BCUT2D eigenvalue weighted by Crippen LogP contribution is -2.58. The van der Waals surface area contributed by atoms with Gasteiger partial charge in [-0.25, -0.2) is 0 Å². The molecule has 17 heteroatoms. The van der Waals surface area contributed by atoms with Crippen molar-refractivity contribution < 1.29 is 47.6 Å². The average molecular weight is 573 g/mol. The molecule has 0 aromatic rings. The van der Waals surface area contributed by atoms with E-state index in [1.54, 1.807) is 13.8 Å². The number of hydrogen-bond acceptors (Lipinski definition) is 13. The van der Waals surface area contributed by atoms with Crippen molar-refractivity contribution in [3.05, 3.63) is 20.9 Å². The summed E-state index contributed by atoms with van der Waals surface area (Å²) in [5, 5.41) is 7.67. The van der Waals surface area contributed by atoms with Crippen LogP contribution >= 0.6 is 11.8 Å². The van der Waals surface area contributed by atoms with Crippen molar-refractivity contribution in [1.29, 1.82) is 0 Å². The molecular weight excluding hydrogens is 540 g/mol. The van der Waals surface area contributed by atoms with Crippen molar-refractivity contribution >= 4 is 35.6 Å². The quantitative estimate of drug-likeness (QED) is 0.122. The van der Waals surface area contributed by atoms with Gasteiger partial charge in [-0.3, -0.25) is 19.2 Å². The Bertz CT molecular complexity index is 1020. The van der Waals surface area contributed by atoms with E-state index in [1.165, 1.54) is 27.7 Å². The SMILES string of the molecule is CC(=O)OCC1O[C@@H](SC2O[C@H](COC(C)=O)C(OC(C)=O)C(N=[N+]=[N-])[C@H]2C)C(OC(C)=O)[C@@H](N=[N+]=[N-])[C@H]1C. The number of thioether (sulfide) groups is 1. The van der Waals surface area contributed by atoms with Gasteiger partial charge in [0, 0.05) is 43.4 Å². The van der Waals surface area contributed by atoms with E-state index < -0.39 is 83.1 Å².